The van der Waals surface area contributed by atoms with Crippen LogP contribution in [0.15, 0.2) is 34.4 Å². The van der Waals surface area contributed by atoms with Gasteiger partial charge in [0.15, 0.2) is 0 Å². The van der Waals surface area contributed by atoms with Crippen LogP contribution in [0.3, 0.4) is 0 Å². The molecule has 1 aromatic carbocycles. The Kier molecular flexibility index (Phi) is 3.96. The molecule has 1 amide bonds. The van der Waals surface area contributed by atoms with E-state index in [1.54, 1.807) is 31.5 Å². The molecule has 2 aromatic heterocycles. The molecule has 3 rings (SSSR count). The minimum Gasteiger partial charge on any atom is -0.334 e. The van der Waals surface area contributed by atoms with Gasteiger partial charge in [0.05, 0.1) is 12.1 Å². The maximum absolute atomic E-state index is 13.4. The minimum absolute atomic E-state index is 0.135. The highest BCUT2D eigenvalue weighted by Crippen LogP contribution is 2.16. The van der Waals surface area contributed by atoms with Crippen LogP contribution in [0.4, 0.5) is 4.39 Å². The highest BCUT2D eigenvalue weighted by molar-refractivity contribution is 7.17. The van der Waals surface area contributed by atoms with E-state index < -0.39 is 5.82 Å². The van der Waals surface area contributed by atoms with Gasteiger partial charge in [-0.2, -0.15) is 0 Å². The molecule has 23 heavy (non-hydrogen) atoms. The van der Waals surface area contributed by atoms with E-state index in [0.717, 1.165) is 0 Å². The van der Waals surface area contributed by atoms with Crippen molar-refractivity contribution in [3.8, 4) is 0 Å². The smallest absolute Gasteiger partial charge is 0.268 e. The maximum Gasteiger partial charge on any atom is 0.268 e. The number of hydrogen-bond donors (Lipinski definition) is 1. The van der Waals surface area contributed by atoms with E-state index in [1.165, 1.54) is 28.4 Å². The molecule has 0 fully saturated rings. The largest absolute Gasteiger partial charge is 0.334 e. The Bertz CT molecular complexity index is 948. The van der Waals surface area contributed by atoms with Gasteiger partial charge < -0.3 is 9.88 Å². The van der Waals surface area contributed by atoms with Gasteiger partial charge in [0, 0.05) is 12.6 Å². The van der Waals surface area contributed by atoms with Gasteiger partial charge in [0.25, 0.3) is 11.5 Å². The molecule has 0 aliphatic carbocycles. The van der Waals surface area contributed by atoms with Crippen molar-refractivity contribution in [3.05, 3.63) is 62.8 Å². The first kappa shape index (κ1) is 15.4. The molecule has 3 aromatic rings. The SMILES string of the molecule is Cc1ccc(F)cc1C(=O)N(C)Cc1nc2ccsc2c(=O)[nH]1. The van der Waals surface area contributed by atoms with E-state index in [1.807, 2.05) is 0 Å². The molecule has 5 nitrogen and oxygen atoms in total. The Labute approximate surface area is 135 Å². The van der Waals surface area contributed by atoms with Crippen LogP contribution in [-0.4, -0.2) is 27.8 Å². The van der Waals surface area contributed by atoms with Gasteiger partial charge in [0.2, 0.25) is 0 Å². The summed E-state index contributed by atoms with van der Waals surface area (Å²) in [6.07, 6.45) is 0. The molecule has 0 aliphatic heterocycles. The molecule has 0 saturated carbocycles. The predicted octanol–water partition coefficient (Wildman–Crippen LogP) is 2.70. The molecule has 2 heterocycles. The Balaban J connectivity index is 1.87. The number of aromatic amines is 1. The normalized spacial score (nSPS) is 10.9. The number of benzene rings is 1. The number of halogens is 1. The van der Waals surface area contributed by atoms with Crippen LogP contribution in [0.2, 0.25) is 0 Å². The number of rotatable bonds is 3. The summed E-state index contributed by atoms with van der Waals surface area (Å²) >= 11 is 1.32. The fourth-order valence-electron chi connectivity index (χ4n) is 2.32. The fraction of sp³-hybridized carbons (Fsp3) is 0.188. The molecule has 1 N–H and O–H groups in total. The minimum atomic E-state index is -0.460. The maximum atomic E-state index is 13.4. The van der Waals surface area contributed by atoms with Crippen molar-refractivity contribution in [1.29, 1.82) is 0 Å². The summed E-state index contributed by atoms with van der Waals surface area (Å²) in [5, 5.41) is 1.79. The first-order valence-corrected chi connectivity index (χ1v) is 7.81. The van der Waals surface area contributed by atoms with E-state index in [4.69, 9.17) is 0 Å². The first-order chi connectivity index (χ1) is 11.0. The van der Waals surface area contributed by atoms with Crippen LogP contribution in [0.25, 0.3) is 10.2 Å². The van der Waals surface area contributed by atoms with Crippen LogP contribution < -0.4 is 5.56 Å². The van der Waals surface area contributed by atoms with Gasteiger partial charge in [-0.3, -0.25) is 9.59 Å². The number of nitrogens with zero attached hydrogens (tertiary/aromatic N) is 2. The van der Waals surface area contributed by atoms with Crippen LogP contribution in [-0.2, 0) is 6.54 Å². The number of aryl methyl sites for hydroxylation is 1. The lowest BCUT2D eigenvalue weighted by molar-refractivity contribution is 0.0780. The van der Waals surface area contributed by atoms with Gasteiger partial charge in [-0.15, -0.1) is 11.3 Å². The Morgan fingerprint density at radius 2 is 2.17 bits per heavy atom. The second-order valence-electron chi connectivity index (χ2n) is 5.27. The molecule has 0 spiro atoms. The highest BCUT2D eigenvalue weighted by Gasteiger charge is 2.16. The molecule has 0 unspecified atom stereocenters. The van der Waals surface area contributed by atoms with Crippen molar-refractivity contribution in [2.45, 2.75) is 13.5 Å². The van der Waals surface area contributed by atoms with Gasteiger partial charge >= 0.3 is 0 Å². The quantitative estimate of drug-likeness (QED) is 0.802. The third-order valence-corrected chi connectivity index (χ3v) is 4.43. The number of amides is 1. The van der Waals surface area contributed by atoms with Crippen molar-refractivity contribution in [1.82, 2.24) is 14.9 Å². The summed E-state index contributed by atoms with van der Waals surface area (Å²) in [6.45, 7) is 1.88. The lowest BCUT2D eigenvalue weighted by Crippen LogP contribution is -2.28. The predicted molar refractivity (Wildman–Crippen MR) is 87.2 cm³/mol. The monoisotopic (exact) mass is 331 g/mol. The van der Waals surface area contributed by atoms with Crippen LogP contribution in [0, 0.1) is 12.7 Å². The average Bonchev–Trinajstić information content (AvgIpc) is 2.98. The number of carbonyl (C=O) groups excluding carboxylic acids is 1. The zero-order valence-corrected chi connectivity index (χ0v) is 13.4. The van der Waals surface area contributed by atoms with Crippen molar-refractivity contribution in [2.24, 2.45) is 0 Å². The van der Waals surface area contributed by atoms with E-state index in [0.29, 0.717) is 27.2 Å². The number of hydrogen-bond acceptors (Lipinski definition) is 4. The lowest BCUT2D eigenvalue weighted by Gasteiger charge is -2.17. The Morgan fingerprint density at radius 3 is 2.96 bits per heavy atom. The zero-order valence-electron chi connectivity index (χ0n) is 12.6. The second kappa shape index (κ2) is 5.92. The number of H-pyrrole nitrogens is 1. The molecule has 0 radical (unpaired) electrons. The summed E-state index contributed by atoms with van der Waals surface area (Å²) in [7, 11) is 1.59. The van der Waals surface area contributed by atoms with Gasteiger partial charge in [-0.1, -0.05) is 6.07 Å². The summed E-state index contributed by atoms with van der Waals surface area (Å²) in [6, 6.07) is 5.85. The Morgan fingerprint density at radius 1 is 1.39 bits per heavy atom. The Hall–Kier alpha value is -2.54. The number of carbonyl (C=O) groups is 1. The topological polar surface area (TPSA) is 66.1 Å². The average molecular weight is 331 g/mol. The van der Waals surface area contributed by atoms with Gasteiger partial charge in [-0.25, -0.2) is 9.37 Å². The zero-order chi connectivity index (χ0) is 16.6. The number of aromatic nitrogens is 2. The fourth-order valence-corrected chi connectivity index (χ4v) is 3.05. The van der Waals surface area contributed by atoms with Crippen molar-refractivity contribution >= 4 is 27.5 Å². The number of nitrogens with one attached hydrogen (secondary N) is 1. The summed E-state index contributed by atoms with van der Waals surface area (Å²) < 4.78 is 13.9. The van der Waals surface area contributed by atoms with Crippen molar-refractivity contribution < 1.29 is 9.18 Å². The molecule has 0 bridgehead atoms. The molecule has 7 heteroatoms. The summed E-state index contributed by atoms with van der Waals surface area (Å²) in [5.74, 6) is -0.389. The summed E-state index contributed by atoms with van der Waals surface area (Å²) in [4.78, 5) is 32.8. The van der Waals surface area contributed by atoms with E-state index in [2.05, 4.69) is 9.97 Å². The van der Waals surface area contributed by atoms with Gasteiger partial charge in [0.1, 0.15) is 16.3 Å². The number of fused-ring (bicyclic) bond motifs is 1. The number of thiophene rings is 1. The van der Waals surface area contributed by atoms with Crippen LogP contribution in [0.5, 0.6) is 0 Å². The molecule has 0 aliphatic rings. The molecule has 0 atom stereocenters. The highest BCUT2D eigenvalue weighted by atomic mass is 32.1. The van der Waals surface area contributed by atoms with Crippen molar-refractivity contribution in [3.63, 3.8) is 0 Å². The molecular formula is C16H14FN3O2S. The third-order valence-electron chi connectivity index (χ3n) is 3.53. The van der Waals surface area contributed by atoms with E-state index in [9.17, 15) is 14.0 Å². The van der Waals surface area contributed by atoms with Crippen LogP contribution >= 0.6 is 11.3 Å². The second-order valence-corrected chi connectivity index (χ2v) is 6.18. The summed E-state index contributed by atoms with van der Waals surface area (Å²) in [5.41, 5.74) is 1.38. The third kappa shape index (κ3) is 3.00. The van der Waals surface area contributed by atoms with Crippen LogP contribution in [0.1, 0.15) is 21.7 Å². The first-order valence-electron chi connectivity index (χ1n) is 6.93. The van der Waals surface area contributed by atoms with Gasteiger partial charge in [-0.05, 0) is 36.1 Å². The van der Waals surface area contributed by atoms with E-state index in [-0.39, 0.29) is 18.0 Å². The van der Waals surface area contributed by atoms with Crippen molar-refractivity contribution in [2.75, 3.05) is 7.05 Å². The van der Waals surface area contributed by atoms with E-state index >= 15 is 0 Å². The molecular weight excluding hydrogens is 317 g/mol. The molecule has 0 saturated heterocycles. The lowest BCUT2D eigenvalue weighted by atomic mass is 10.1. The molecule has 118 valence electrons. The standard InChI is InChI=1S/C16H14FN3O2S/c1-9-3-4-10(17)7-11(9)16(22)20(2)8-13-18-12-5-6-23-14(12)15(21)19-13/h3-7H,8H2,1-2H3,(H,18,19,21).